The zero-order chi connectivity index (χ0) is 16.5. The van der Waals surface area contributed by atoms with Crippen LogP contribution >= 0.6 is 0 Å². The summed E-state index contributed by atoms with van der Waals surface area (Å²) in [5, 5.41) is 11.9. The predicted molar refractivity (Wildman–Crippen MR) is 87.1 cm³/mol. The van der Waals surface area contributed by atoms with Crippen LogP contribution in [0.25, 0.3) is 0 Å². The van der Waals surface area contributed by atoms with Gasteiger partial charge >= 0.3 is 5.97 Å². The molecule has 1 aromatic carbocycles. The molecule has 1 aliphatic rings. The summed E-state index contributed by atoms with van der Waals surface area (Å²) < 4.78 is 5.32. The van der Waals surface area contributed by atoms with Gasteiger partial charge in [0.2, 0.25) is 5.91 Å². The van der Waals surface area contributed by atoms with Crippen molar-refractivity contribution in [3.05, 3.63) is 35.9 Å². The summed E-state index contributed by atoms with van der Waals surface area (Å²) in [6, 6.07) is 8.48. The third-order valence-corrected chi connectivity index (χ3v) is 4.27. The Hall–Kier alpha value is -1.88. The summed E-state index contributed by atoms with van der Waals surface area (Å²) in [6.07, 6.45) is 4.62. The van der Waals surface area contributed by atoms with E-state index in [1.807, 2.05) is 30.3 Å². The summed E-state index contributed by atoms with van der Waals surface area (Å²) in [4.78, 5) is 23.3. The quantitative estimate of drug-likeness (QED) is 0.771. The minimum Gasteiger partial charge on any atom is -0.480 e. The number of carbonyl (C=O) groups is 2. The topological polar surface area (TPSA) is 75.6 Å². The van der Waals surface area contributed by atoms with Crippen LogP contribution in [0.1, 0.15) is 37.7 Å². The zero-order valence-electron chi connectivity index (χ0n) is 13.4. The Balaban J connectivity index is 1.73. The van der Waals surface area contributed by atoms with Crippen molar-refractivity contribution in [2.75, 3.05) is 13.2 Å². The molecule has 23 heavy (non-hydrogen) atoms. The molecule has 0 bridgehead atoms. The summed E-state index contributed by atoms with van der Waals surface area (Å²) in [7, 11) is 0. The van der Waals surface area contributed by atoms with Gasteiger partial charge in [-0.15, -0.1) is 0 Å². The fourth-order valence-corrected chi connectivity index (χ4v) is 2.90. The van der Waals surface area contributed by atoms with Crippen LogP contribution in [0.4, 0.5) is 0 Å². The molecule has 1 heterocycles. The summed E-state index contributed by atoms with van der Waals surface area (Å²) >= 11 is 0. The van der Waals surface area contributed by atoms with Crippen LogP contribution in [0.3, 0.4) is 0 Å². The minimum atomic E-state index is -0.994. The average Bonchev–Trinajstić information content (AvgIpc) is 2.56. The van der Waals surface area contributed by atoms with Gasteiger partial charge in [-0.25, -0.2) is 4.79 Å². The van der Waals surface area contributed by atoms with Crippen molar-refractivity contribution in [1.29, 1.82) is 0 Å². The molecule has 0 aliphatic carbocycles. The SMILES string of the molecule is O=C(CCCC1CCOCC1)N[C@@H](Cc1ccccc1)C(=O)O. The smallest absolute Gasteiger partial charge is 0.326 e. The number of ether oxygens (including phenoxy) is 1. The molecule has 1 aliphatic heterocycles. The molecule has 1 aromatic rings. The number of nitrogens with one attached hydrogen (secondary N) is 1. The molecule has 0 spiro atoms. The maximum atomic E-state index is 12.0. The second-order valence-corrected chi connectivity index (χ2v) is 6.10. The number of carboxylic acids is 1. The largest absolute Gasteiger partial charge is 0.480 e. The van der Waals surface area contributed by atoms with E-state index in [4.69, 9.17) is 4.74 Å². The monoisotopic (exact) mass is 319 g/mol. The molecule has 0 aromatic heterocycles. The van der Waals surface area contributed by atoms with Gasteiger partial charge in [-0.3, -0.25) is 4.79 Å². The van der Waals surface area contributed by atoms with Crippen molar-refractivity contribution in [3.8, 4) is 0 Å². The van der Waals surface area contributed by atoms with Gasteiger partial charge in [-0.2, -0.15) is 0 Å². The van der Waals surface area contributed by atoms with Gasteiger partial charge in [-0.1, -0.05) is 30.3 Å². The molecule has 0 unspecified atom stereocenters. The number of aliphatic carboxylic acids is 1. The van der Waals surface area contributed by atoms with Gasteiger partial charge in [0.1, 0.15) is 6.04 Å². The second-order valence-electron chi connectivity index (χ2n) is 6.10. The van der Waals surface area contributed by atoms with Crippen molar-refractivity contribution in [1.82, 2.24) is 5.32 Å². The molecule has 1 fully saturated rings. The first-order valence-corrected chi connectivity index (χ1v) is 8.29. The van der Waals surface area contributed by atoms with E-state index in [1.165, 1.54) is 0 Å². The van der Waals surface area contributed by atoms with Crippen molar-refractivity contribution in [2.45, 2.75) is 44.6 Å². The van der Waals surface area contributed by atoms with E-state index in [1.54, 1.807) is 0 Å². The highest BCUT2D eigenvalue weighted by Crippen LogP contribution is 2.20. The van der Waals surface area contributed by atoms with E-state index in [-0.39, 0.29) is 5.91 Å². The van der Waals surface area contributed by atoms with Crippen molar-refractivity contribution >= 4 is 11.9 Å². The summed E-state index contributed by atoms with van der Waals surface area (Å²) in [5.41, 5.74) is 0.905. The molecule has 1 atom stereocenters. The maximum absolute atomic E-state index is 12.0. The number of carbonyl (C=O) groups excluding carboxylic acids is 1. The van der Waals surface area contributed by atoms with E-state index in [0.29, 0.717) is 18.8 Å². The number of hydrogen-bond acceptors (Lipinski definition) is 3. The lowest BCUT2D eigenvalue weighted by molar-refractivity contribution is -0.141. The summed E-state index contributed by atoms with van der Waals surface area (Å²) in [5.74, 6) is -0.539. The third-order valence-electron chi connectivity index (χ3n) is 4.27. The molecule has 2 N–H and O–H groups in total. The molecule has 2 rings (SSSR count). The van der Waals surface area contributed by atoms with E-state index in [0.717, 1.165) is 44.5 Å². The highest BCUT2D eigenvalue weighted by Gasteiger charge is 2.20. The predicted octanol–water partition coefficient (Wildman–Crippen LogP) is 2.40. The van der Waals surface area contributed by atoms with Crippen molar-refractivity contribution in [2.24, 2.45) is 5.92 Å². The van der Waals surface area contributed by atoms with E-state index < -0.39 is 12.0 Å². The third kappa shape index (κ3) is 6.40. The van der Waals surface area contributed by atoms with Crippen LogP contribution in [0.2, 0.25) is 0 Å². The van der Waals surface area contributed by atoms with Crippen LogP contribution < -0.4 is 5.32 Å². The number of carboxylic acid groups (broad SMARTS) is 1. The molecule has 5 heteroatoms. The molecule has 0 radical (unpaired) electrons. The number of rotatable bonds is 8. The lowest BCUT2D eigenvalue weighted by Gasteiger charge is -2.21. The molecule has 5 nitrogen and oxygen atoms in total. The Morgan fingerprint density at radius 3 is 2.57 bits per heavy atom. The van der Waals surface area contributed by atoms with Gasteiger partial charge < -0.3 is 15.2 Å². The molecular formula is C18H25NO4. The molecule has 1 saturated heterocycles. The highest BCUT2D eigenvalue weighted by molar-refractivity contribution is 5.83. The summed E-state index contributed by atoms with van der Waals surface area (Å²) in [6.45, 7) is 1.63. The maximum Gasteiger partial charge on any atom is 0.326 e. The first-order valence-electron chi connectivity index (χ1n) is 8.29. The van der Waals surface area contributed by atoms with Crippen LogP contribution in [0, 0.1) is 5.92 Å². The first-order chi connectivity index (χ1) is 11.1. The zero-order valence-corrected chi connectivity index (χ0v) is 13.4. The Bertz CT molecular complexity index is 497. The van der Waals surface area contributed by atoms with Gasteiger partial charge in [0.05, 0.1) is 0 Å². The standard InChI is InChI=1S/C18H25NO4/c20-17(8-4-7-14-9-11-23-12-10-14)19-16(18(21)22)13-15-5-2-1-3-6-15/h1-3,5-6,14,16H,4,7-13H2,(H,19,20)(H,21,22)/t16-/m0/s1. The number of hydrogen-bond donors (Lipinski definition) is 2. The Labute approximate surface area is 137 Å². The molecule has 126 valence electrons. The molecular weight excluding hydrogens is 294 g/mol. The number of benzene rings is 1. The molecule has 0 saturated carbocycles. The average molecular weight is 319 g/mol. The fraction of sp³-hybridized carbons (Fsp3) is 0.556. The van der Waals surface area contributed by atoms with Crippen molar-refractivity contribution < 1.29 is 19.4 Å². The molecule has 1 amide bonds. The lowest BCUT2D eigenvalue weighted by Crippen LogP contribution is -2.42. The Morgan fingerprint density at radius 2 is 1.91 bits per heavy atom. The van der Waals surface area contributed by atoms with E-state index in [2.05, 4.69) is 5.32 Å². The Morgan fingerprint density at radius 1 is 1.22 bits per heavy atom. The normalized spacial score (nSPS) is 16.7. The van der Waals surface area contributed by atoms with Gasteiger partial charge in [0, 0.05) is 26.1 Å². The lowest BCUT2D eigenvalue weighted by atomic mass is 9.94. The van der Waals surface area contributed by atoms with Gasteiger partial charge in [0.25, 0.3) is 0 Å². The van der Waals surface area contributed by atoms with Crippen LogP contribution in [-0.4, -0.2) is 36.2 Å². The van der Waals surface area contributed by atoms with Crippen LogP contribution in [0.5, 0.6) is 0 Å². The first kappa shape index (κ1) is 17.5. The van der Waals surface area contributed by atoms with Gasteiger partial charge in [0.15, 0.2) is 0 Å². The van der Waals surface area contributed by atoms with E-state index >= 15 is 0 Å². The van der Waals surface area contributed by atoms with Crippen molar-refractivity contribution in [3.63, 3.8) is 0 Å². The second kappa shape index (κ2) is 9.30. The highest BCUT2D eigenvalue weighted by atomic mass is 16.5. The Kier molecular flexibility index (Phi) is 7.07. The van der Waals surface area contributed by atoms with Crippen LogP contribution in [0.15, 0.2) is 30.3 Å². The minimum absolute atomic E-state index is 0.180. The van der Waals surface area contributed by atoms with E-state index in [9.17, 15) is 14.7 Å². The fourth-order valence-electron chi connectivity index (χ4n) is 2.90. The number of amides is 1. The van der Waals surface area contributed by atoms with Gasteiger partial charge in [-0.05, 0) is 37.2 Å². The van der Waals surface area contributed by atoms with Crippen LogP contribution in [-0.2, 0) is 20.7 Å².